The summed E-state index contributed by atoms with van der Waals surface area (Å²) in [6.07, 6.45) is 0.255. The largest absolute Gasteiger partial charge is 0.444 e. The summed E-state index contributed by atoms with van der Waals surface area (Å²) in [6, 6.07) is 2.25. The fraction of sp³-hybridized carbons (Fsp3) is 0.500. The summed E-state index contributed by atoms with van der Waals surface area (Å²) < 4.78 is 34.2. The van der Waals surface area contributed by atoms with Gasteiger partial charge in [-0.2, -0.15) is 0 Å². The molecule has 7 nitrogen and oxygen atoms in total. The zero-order valence-corrected chi connectivity index (χ0v) is 13.5. The van der Waals surface area contributed by atoms with E-state index in [1.807, 2.05) is 0 Å². The van der Waals surface area contributed by atoms with Crippen LogP contribution in [0, 0.1) is 11.6 Å². The summed E-state index contributed by atoms with van der Waals surface area (Å²) in [5.74, 6) is -1.50. The predicted octanol–water partition coefficient (Wildman–Crippen LogP) is 1.61. The van der Waals surface area contributed by atoms with E-state index in [-0.39, 0.29) is 24.3 Å². The molecule has 1 aromatic rings. The molecule has 2 aliphatic rings. The lowest BCUT2D eigenvalue weighted by molar-refractivity contribution is -0.108. The topological polar surface area (TPSA) is 71.1 Å². The second-order valence-electron chi connectivity index (χ2n) is 5.85. The van der Waals surface area contributed by atoms with Gasteiger partial charge in [-0.25, -0.2) is 19.1 Å². The second-order valence-corrected chi connectivity index (χ2v) is 5.85. The number of cyclic esters (lactones) is 1. The Balaban J connectivity index is 1.79. The van der Waals surface area contributed by atoms with Gasteiger partial charge in [0.2, 0.25) is 0 Å². The number of nitrogens with zero attached hydrogens (tertiary/aromatic N) is 2. The predicted molar refractivity (Wildman–Crippen MR) is 85.4 cm³/mol. The second kappa shape index (κ2) is 7.75. The Morgan fingerprint density at radius 2 is 2.04 bits per heavy atom. The SMILES string of the molecule is O=CCC[C@H]1CN(c2cc(F)c(N3CCNOCC3)c(F)c2)C(=O)O1. The zero-order chi connectivity index (χ0) is 17.8. The average molecular weight is 355 g/mol. The number of hydroxylamine groups is 1. The summed E-state index contributed by atoms with van der Waals surface area (Å²) in [4.78, 5) is 30.2. The van der Waals surface area contributed by atoms with Crippen molar-refractivity contribution in [3.05, 3.63) is 23.8 Å². The number of halogens is 2. The first-order chi connectivity index (χ1) is 12.1. The Bertz CT molecular complexity index is 627. The molecule has 3 rings (SSSR count). The lowest BCUT2D eigenvalue weighted by atomic mass is 10.2. The van der Waals surface area contributed by atoms with Crippen LogP contribution in [-0.4, -0.2) is 51.3 Å². The van der Waals surface area contributed by atoms with Gasteiger partial charge in [0.05, 0.1) is 18.8 Å². The van der Waals surface area contributed by atoms with Crippen molar-refractivity contribution in [2.75, 3.05) is 42.6 Å². The lowest BCUT2D eigenvalue weighted by Crippen LogP contribution is -2.30. The highest BCUT2D eigenvalue weighted by molar-refractivity contribution is 5.90. The molecule has 2 fully saturated rings. The minimum atomic E-state index is -0.749. The van der Waals surface area contributed by atoms with Gasteiger partial charge in [0.1, 0.15) is 18.1 Å². The molecule has 2 aliphatic heterocycles. The zero-order valence-electron chi connectivity index (χ0n) is 13.5. The van der Waals surface area contributed by atoms with Gasteiger partial charge in [0.25, 0.3) is 0 Å². The van der Waals surface area contributed by atoms with E-state index in [0.29, 0.717) is 32.7 Å². The van der Waals surface area contributed by atoms with Crippen LogP contribution >= 0.6 is 0 Å². The van der Waals surface area contributed by atoms with E-state index >= 15 is 0 Å². The monoisotopic (exact) mass is 355 g/mol. The fourth-order valence-corrected chi connectivity index (χ4v) is 2.96. The molecule has 0 saturated carbocycles. The number of amides is 1. The molecule has 136 valence electrons. The van der Waals surface area contributed by atoms with Gasteiger partial charge < -0.3 is 14.4 Å². The molecule has 1 aromatic carbocycles. The number of hydrogen-bond acceptors (Lipinski definition) is 6. The Hall–Kier alpha value is -2.26. The molecule has 2 heterocycles. The maximum atomic E-state index is 14.5. The van der Waals surface area contributed by atoms with Gasteiger partial charge in [-0.15, -0.1) is 0 Å². The Morgan fingerprint density at radius 3 is 2.76 bits per heavy atom. The van der Waals surface area contributed by atoms with Gasteiger partial charge in [-0.3, -0.25) is 9.74 Å². The lowest BCUT2D eigenvalue weighted by Gasteiger charge is -2.24. The molecule has 0 radical (unpaired) electrons. The van der Waals surface area contributed by atoms with Crippen LogP contribution in [0.25, 0.3) is 0 Å². The number of aldehydes is 1. The number of benzene rings is 1. The summed E-state index contributed by atoms with van der Waals surface area (Å²) in [5, 5.41) is 0. The van der Waals surface area contributed by atoms with Crippen molar-refractivity contribution < 1.29 is 27.9 Å². The molecule has 0 aliphatic carbocycles. The molecular weight excluding hydrogens is 336 g/mol. The van der Waals surface area contributed by atoms with Crippen LogP contribution in [0.5, 0.6) is 0 Å². The number of anilines is 2. The molecule has 1 atom stereocenters. The molecule has 9 heteroatoms. The standard InChI is InChI=1S/C16H19F2N3O4/c17-13-8-11(21-10-12(2-1-6-22)25-16(21)23)9-14(18)15(13)20-4-3-19-24-7-5-20/h6,8-9,12,19H,1-5,7,10H2/t12-/m0/s1. The summed E-state index contributed by atoms with van der Waals surface area (Å²) >= 11 is 0. The molecule has 0 unspecified atom stereocenters. The summed E-state index contributed by atoms with van der Waals surface area (Å²) in [5.41, 5.74) is 2.65. The van der Waals surface area contributed by atoms with Crippen molar-refractivity contribution in [2.24, 2.45) is 0 Å². The maximum absolute atomic E-state index is 14.5. The number of rotatable bonds is 5. The fourth-order valence-electron chi connectivity index (χ4n) is 2.96. The Labute approximate surface area is 143 Å². The average Bonchev–Trinajstić information content (AvgIpc) is 2.77. The molecular formula is C16H19F2N3O4. The number of carbonyl (C=O) groups is 2. The number of carbonyl (C=O) groups excluding carboxylic acids is 2. The highest BCUT2D eigenvalue weighted by Crippen LogP contribution is 2.31. The first kappa shape index (κ1) is 17.6. The van der Waals surface area contributed by atoms with E-state index in [4.69, 9.17) is 9.57 Å². The highest BCUT2D eigenvalue weighted by Gasteiger charge is 2.33. The quantitative estimate of drug-likeness (QED) is 0.810. The molecule has 0 bridgehead atoms. The highest BCUT2D eigenvalue weighted by atomic mass is 19.1. The van der Waals surface area contributed by atoms with Crippen molar-refractivity contribution in [1.29, 1.82) is 0 Å². The van der Waals surface area contributed by atoms with Crippen LogP contribution < -0.4 is 15.3 Å². The van der Waals surface area contributed by atoms with E-state index in [0.717, 1.165) is 18.4 Å². The van der Waals surface area contributed by atoms with E-state index < -0.39 is 23.8 Å². The van der Waals surface area contributed by atoms with Gasteiger partial charge in [-0.1, -0.05) is 0 Å². The molecule has 0 aromatic heterocycles. The van der Waals surface area contributed by atoms with Crippen molar-refractivity contribution in [3.8, 4) is 0 Å². The van der Waals surface area contributed by atoms with Crippen LogP contribution in [-0.2, 0) is 14.4 Å². The van der Waals surface area contributed by atoms with Crippen LogP contribution in [0.15, 0.2) is 12.1 Å². The smallest absolute Gasteiger partial charge is 0.414 e. The van der Waals surface area contributed by atoms with Gasteiger partial charge >= 0.3 is 6.09 Å². The number of nitrogens with one attached hydrogen (secondary N) is 1. The normalized spacial score (nSPS) is 21.2. The number of hydrogen-bond donors (Lipinski definition) is 1. The third-order valence-corrected chi connectivity index (χ3v) is 4.16. The maximum Gasteiger partial charge on any atom is 0.414 e. The third-order valence-electron chi connectivity index (χ3n) is 4.16. The van der Waals surface area contributed by atoms with Crippen LogP contribution in [0.4, 0.5) is 25.0 Å². The summed E-state index contributed by atoms with van der Waals surface area (Å²) in [7, 11) is 0. The minimum absolute atomic E-state index is 0.0987. The van der Waals surface area contributed by atoms with E-state index in [2.05, 4.69) is 5.48 Å². The Kier molecular flexibility index (Phi) is 5.44. The van der Waals surface area contributed by atoms with Gasteiger partial charge in [0.15, 0.2) is 11.6 Å². The van der Waals surface area contributed by atoms with Crippen LogP contribution in [0.3, 0.4) is 0 Å². The molecule has 1 N–H and O–H groups in total. The van der Waals surface area contributed by atoms with Crippen molar-refractivity contribution in [2.45, 2.75) is 18.9 Å². The first-order valence-electron chi connectivity index (χ1n) is 8.10. The molecule has 2 saturated heterocycles. The molecule has 0 spiro atoms. The van der Waals surface area contributed by atoms with Crippen molar-refractivity contribution >= 4 is 23.8 Å². The molecule has 25 heavy (non-hydrogen) atoms. The first-order valence-corrected chi connectivity index (χ1v) is 8.10. The van der Waals surface area contributed by atoms with Crippen molar-refractivity contribution in [1.82, 2.24) is 5.48 Å². The van der Waals surface area contributed by atoms with E-state index in [9.17, 15) is 18.4 Å². The molecule has 1 amide bonds. The van der Waals surface area contributed by atoms with Gasteiger partial charge in [-0.05, 0) is 6.42 Å². The minimum Gasteiger partial charge on any atom is -0.444 e. The van der Waals surface area contributed by atoms with Crippen molar-refractivity contribution in [3.63, 3.8) is 0 Å². The summed E-state index contributed by atoms with van der Waals surface area (Å²) in [6.45, 7) is 1.65. The van der Waals surface area contributed by atoms with Gasteiger partial charge in [0, 0.05) is 38.2 Å². The Morgan fingerprint density at radius 1 is 1.28 bits per heavy atom. The van der Waals surface area contributed by atoms with Crippen LogP contribution in [0.2, 0.25) is 0 Å². The van der Waals surface area contributed by atoms with E-state index in [1.54, 1.807) is 4.90 Å². The van der Waals surface area contributed by atoms with Crippen LogP contribution in [0.1, 0.15) is 12.8 Å². The third kappa shape index (κ3) is 3.88. The number of ether oxygens (including phenoxy) is 1. The van der Waals surface area contributed by atoms with E-state index in [1.165, 1.54) is 4.90 Å².